The normalized spacial score (nSPS) is 11.5. The summed E-state index contributed by atoms with van der Waals surface area (Å²) in [6, 6.07) is 7.06. The summed E-state index contributed by atoms with van der Waals surface area (Å²) in [4.78, 5) is 7.08. The lowest BCUT2D eigenvalue weighted by Gasteiger charge is -2.11. The minimum atomic E-state index is -4.57. The van der Waals surface area contributed by atoms with Crippen LogP contribution in [0.5, 0.6) is 0 Å². The van der Waals surface area contributed by atoms with E-state index in [1.165, 1.54) is 13.1 Å². The van der Waals surface area contributed by atoms with E-state index < -0.39 is 12.0 Å². The number of halogens is 3. The summed E-state index contributed by atoms with van der Waals surface area (Å²) in [5, 5.41) is 2.63. The van der Waals surface area contributed by atoms with Crippen LogP contribution in [0.3, 0.4) is 0 Å². The van der Waals surface area contributed by atoms with Gasteiger partial charge in [-0.15, -0.1) is 0 Å². The average molecular weight is 281 g/mol. The molecule has 2 rings (SSSR count). The number of aryl methyl sites for hydroxylation is 2. The summed E-state index contributed by atoms with van der Waals surface area (Å²) in [5.41, 5.74) is 2.84. The highest BCUT2D eigenvalue weighted by Gasteiger charge is 2.35. The Morgan fingerprint density at radius 3 is 2.05 bits per heavy atom. The molecule has 20 heavy (non-hydrogen) atoms. The van der Waals surface area contributed by atoms with Gasteiger partial charge in [0, 0.05) is 18.7 Å². The van der Waals surface area contributed by atoms with Crippen molar-refractivity contribution in [3.8, 4) is 11.3 Å². The first-order valence-corrected chi connectivity index (χ1v) is 6.02. The summed E-state index contributed by atoms with van der Waals surface area (Å²) < 4.78 is 38.4. The lowest BCUT2D eigenvalue weighted by Crippen LogP contribution is -2.13. The molecule has 0 saturated carbocycles. The van der Waals surface area contributed by atoms with Gasteiger partial charge in [-0.25, -0.2) is 9.97 Å². The van der Waals surface area contributed by atoms with Crippen molar-refractivity contribution in [1.82, 2.24) is 9.97 Å². The molecule has 0 saturated heterocycles. The molecule has 0 aliphatic rings. The molecule has 1 aromatic heterocycles. The van der Waals surface area contributed by atoms with Crippen LogP contribution in [0.25, 0.3) is 11.3 Å². The number of benzene rings is 1. The molecule has 0 aliphatic heterocycles. The van der Waals surface area contributed by atoms with Crippen LogP contribution >= 0.6 is 0 Å². The molecular formula is C14H14F3N3. The molecule has 2 aromatic rings. The van der Waals surface area contributed by atoms with E-state index in [1.807, 2.05) is 19.9 Å². The second-order valence-corrected chi connectivity index (χ2v) is 4.59. The van der Waals surface area contributed by atoms with Crippen molar-refractivity contribution < 1.29 is 13.2 Å². The van der Waals surface area contributed by atoms with Crippen molar-refractivity contribution >= 4 is 5.82 Å². The van der Waals surface area contributed by atoms with Crippen molar-refractivity contribution in [2.45, 2.75) is 20.0 Å². The van der Waals surface area contributed by atoms with Crippen molar-refractivity contribution in [3.63, 3.8) is 0 Å². The quantitative estimate of drug-likeness (QED) is 0.909. The van der Waals surface area contributed by atoms with E-state index in [2.05, 4.69) is 15.3 Å². The maximum Gasteiger partial charge on any atom is 0.451 e. The van der Waals surface area contributed by atoms with Gasteiger partial charge in [0.1, 0.15) is 5.82 Å². The predicted molar refractivity (Wildman–Crippen MR) is 71.5 cm³/mol. The average Bonchev–Trinajstić information content (AvgIpc) is 2.36. The molecule has 6 heteroatoms. The van der Waals surface area contributed by atoms with E-state index in [0.717, 1.165) is 11.1 Å². The van der Waals surface area contributed by atoms with Crippen molar-refractivity contribution in [2.75, 3.05) is 12.4 Å². The molecule has 0 amide bonds. The zero-order valence-electron chi connectivity index (χ0n) is 11.3. The Hall–Kier alpha value is -2.11. The third-order valence-corrected chi connectivity index (χ3v) is 2.75. The van der Waals surface area contributed by atoms with Crippen LogP contribution in [-0.4, -0.2) is 17.0 Å². The second kappa shape index (κ2) is 5.11. The maximum atomic E-state index is 12.8. The number of nitrogens with one attached hydrogen (secondary N) is 1. The third-order valence-electron chi connectivity index (χ3n) is 2.75. The van der Waals surface area contributed by atoms with Crippen LogP contribution in [0.15, 0.2) is 24.3 Å². The van der Waals surface area contributed by atoms with Crippen LogP contribution in [-0.2, 0) is 6.18 Å². The van der Waals surface area contributed by atoms with E-state index in [9.17, 15) is 13.2 Å². The molecule has 1 heterocycles. The first-order valence-electron chi connectivity index (χ1n) is 6.02. The number of alkyl halides is 3. The van der Waals surface area contributed by atoms with E-state index in [-0.39, 0.29) is 11.5 Å². The van der Waals surface area contributed by atoms with Gasteiger partial charge in [0.25, 0.3) is 0 Å². The van der Waals surface area contributed by atoms with Gasteiger partial charge >= 0.3 is 6.18 Å². The van der Waals surface area contributed by atoms with Crippen LogP contribution in [0.2, 0.25) is 0 Å². The van der Waals surface area contributed by atoms with Gasteiger partial charge in [-0.05, 0) is 26.0 Å². The standard InChI is InChI=1S/C14H14F3N3/c1-8-4-9(2)6-10(5-8)11-7-12(18-3)20-13(19-11)14(15,16)17/h4-7H,1-3H3,(H,18,19,20). The van der Waals surface area contributed by atoms with Crippen molar-refractivity contribution in [2.24, 2.45) is 0 Å². The largest absolute Gasteiger partial charge is 0.451 e. The monoisotopic (exact) mass is 281 g/mol. The van der Waals surface area contributed by atoms with E-state index in [1.54, 1.807) is 12.1 Å². The van der Waals surface area contributed by atoms with Gasteiger partial charge in [0.05, 0.1) is 5.69 Å². The Labute approximate surface area is 114 Å². The smallest absolute Gasteiger partial charge is 0.373 e. The summed E-state index contributed by atoms with van der Waals surface area (Å²) in [6.07, 6.45) is -4.57. The first kappa shape index (κ1) is 14.3. The fourth-order valence-electron chi connectivity index (χ4n) is 1.97. The van der Waals surface area contributed by atoms with Gasteiger partial charge in [0.15, 0.2) is 0 Å². The highest BCUT2D eigenvalue weighted by molar-refractivity contribution is 5.64. The van der Waals surface area contributed by atoms with Crippen LogP contribution in [0, 0.1) is 13.8 Å². The maximum absolute atomic E-state index is 12.8. The predicted octanol–water partition coefficient (Wildman–Crippen LogP) is 3.82. The van der Waals surface area contributed by atoms with Crippen molar-refractivity contribution in [3.05, 3.63) is 41.2 Å². The van der Waals surface area contributed by atoms with Crippen molar-refractivity contribution in [1.29, 1.82) is 0 Å². The second-order valence-electron chi connectivity index (χ2n) is 4.59. The first-order chi connectivity index (χ1) is 9.29. The molecular weight excluding hydrogens is 267 g/mol. The molecule has 0 unspecified atom stereocenters. The minimum absolute atomic E-state index is 0.140. The molecule has 1 N–H and O–H groups in total. The molecule has 1 aromatic carbocycles. The molecule has 0 spiro atoms. The molecule has 0 radical (unpaired) electrons. The van der Waals surface area contributed by atoms with Gasteiger partial charge in [-0.1, -0.05) is 17.2 Å². The van der Waals surface area contributed by atoms with Gasteiger partial charge in [-0.3, -0.25) is 0 Å². The highest BCUT2D eigenvalue weighted by atomic mass is 19.4. The summed E-state index contributed by atoms with van der Waals surface area (Å²) in [6.45, 7) is 3.78. The third kappa shape index (κ3) is 3.07. The minimum Gasteiger partial charge on any atom is -0.373 e. The van der Waals surface area contributed by atoms with E-state index in [0.29, 0.717) is 5.56 Å². The lowest BCUT2D eigenvalue weighted by atomic mass is 10.0. The number of hydrogen-bond acceptors (Lipinski definition) is 3. The molecule has 0 fully saturated rings. The molecule has 0 bridgehead atoms. The zero-order valence-corrected chi connectivity index (χ0v) is 11.3. The number of rotatable bonds is 2. The number of aromatic nitrogens is 2. The molecule has 0 aliphatic carbocycles. The summed E-state index contributed by atoms with van der Waals surface area (Å²) in [7, 11) is 1.52. The molecule has 106 valence electrons. The number of nitrogens with zero attached hydrogens (tertiary/aromatic N) is 2. The molecule has 3 nitrogen and oxygen atoms in total. The Morgan fingerprint density at radius 2 is 1.55 bits per heavy atom. The van der Waals surface area contributed by atoms with E-state index >= 15 is 0 Å². The number of anilines is 1. The Balaban J connectivity index is 2.61. The van der Waals surface area contributed by atoms with Crippen LogP contribution in [0.1, 0.15) is 17.0 Å². The summed E-state index contributed by atoms with van der Waals surface area (Å²) >= 11 is 0. The zero-order chi connectivity index (χ0) is 14.9. The number of hydrogen-bond donors (Lipinski definition) is 1. The topological polar surface area (TPSA) is 37.8 Å². The highest BCUT2D eigenvalue weighted by Crippen LogP contribution is 2.30. The molecule has 0 atom stereocenters. The van der Waals surface area contributed by atoms with Gasteiger partial charge in [0.2, 0.25) is 5.82 Å². The fourth-order valence-corrected chi connectivity index (χ4v) is 1.97. The van der Waals surface area contributed by atoms with Crippen LogP contribution in [0.4, 0.5) is 19.0 Å². The fraction of sp³-hybridized carbons (Fsp3) is 0.286. The van der Waals surface area contributed by atoms with Crippen LogP contribution < -0.4 is 5.32 Å². The van der Waals surface area contributed by atoms with E-state index in [4.69, 9.17) is 0 Å². The summed E-state index contributed by atoms with van der Waals surface area (Å²) in [5.74, 6) is -1.00. The van der Waals surface area contributed by atoms with Gasteiger partial charge in [-0.2, -0.15) is 13.2 Å². The Morgan fingerprint density at radius 1 is 0.950 bits per heavy atom. The Kier molecular flexibility index (Phi) is 3.65. The van der Waals surface area contributed by atoms with Gasteiger partial charge < -0.3 is 5.32 Å². The Bertz CT molecular complexity index is 616. The lowest BCUT2D eigenvalue weighted by molar-refractivity contribution is -0.144. The SMILES string of the molecule is CNc1cc(-c2cc(C)cc(C)c2)nc(C(F)(F)F)n1.